The van der Waals surface area contributed by atoms with Crippen LogP contribution in [-0.4, -0.2) is 43.2 Å². The second kappa shape index (κ2) is 9.92. The third kappa shape index (κ3) is 4.92. The zero-order chi connectivity index (χ0) is 21.7. The summed E-state index contributed by atoms with van der Waals surface area (Å²) in [6.07, 6.45) is 0. The van der Waals surface area contributed by atoms with Crippen molar-refractivity contribution in [1.29, 1.82) is 0 Å². The van der Waals surface area contributed by atoms with Crippen LogP contribution in [0.4, 0.5) is 5.69 Å². The van der Waals surface area contributed by atoms with Crippen molar-refractivity contribution in [2.24, 2.45) is 0 Å². The highest BCUT2D eigenvalue weighted by Crippen LogP contribution is 2.41. The molecule has 0 saturated heterocycles. The zero-order valence-corrected chi connectivity index (χ0v) is 18.5. The first-order chi connectivity index (χ1) is 14.5. The Balaban J connectivity index is 1.69. The lowest BCUT2D eigenvalue weighted by molar-refractivity contribution is -0.113. The fourth-order valence-corrected chi connectivity index (χ4v) is 3.41. The number of carbonyl (C=O) groups is 1. The minimum atomic E-state index is -0.295. The number of aromatic nitrogens is 2. The monoisotopic (exact) mass is 469 g/mol. The second-order valence-corrected chi connectivity index (χ2v) is 7.44. The molecule has 0 radical (unpaired) electrons. The summed E-state index contributed by atoms with van der Waals surface area (Å²) in [4.78, 5) is 12.2. The molecule has 2 aromatic carbocycles. The molecule has 11 heteroatoms. The Bertz CT molecular complexity index is 1040. The predicted molar refractivity (Wildman–Crippen MR) is 115 cm³/mol. The van der Waals surface area contributed by atoms with Gasteiger partial charge in [-0.15, -0.1) is 10.2 Å². The number of halogens is 2. The van der Waals surface area contributed by atoms with E-state index in [1.54, 1.807) is 30.3 Å². The van der Waals surface area contributed by atoms with Crippen molar-refractivity contribution in [2.75, 3.05) is 32.4 Å². The van der Waals surface area contributed by atoms with Crippen molar-refractivity contribution in [3.63, 3.8) is 0 Å². The quantitative estimate of drug-likeness (QED) is 0.469. The first-order valence-corrected chi connectivity index (χ1v) is 10.2. The van der Waals surface area contributed by atoms with Crippen LogP contribution in [0.3, 0.4) is 0 Å². The maximum absolute atomic E-state index is 12.2. The molecular weight excluding hydrogens is 453 g/mol. The van der Waals surface area contributed by atoms with E-state index in [1.807, 2.05) is 0 Å². The van der Waals surface area contributed by atoms with Crippen LogP contribution in [0.15, 0.2) is 40.0 Å². The van der Waals surface area contributed by atoms with Gasteiger partial charge in [-0.05, 0) is 24.3 Å². The number of thioether (sulfide) groups is 1. The molecule has 0 spiro atoms. The SMILES string of the molecule is COc1cc(-c2nnc(SCC(=O)Nc3cccc(Cl)c3Cl)o2)cc(OC)c1OC. The van der Waals surface area contributed by atoms with Gasteiger partial charge in [0.1, 0.15) is 0 Å². The molecule has 0 bridgehead atoms. The Morgan fingerprint density at radius 1 is 1.10 bits per heavy atom. The van der Waals surface area contributed by atoms with Gasteiger partial charge in [0.05, 0.1) is 42.8 Å². The number of hydrogen-bond acceptors (Lipinski definition) is 8. The molecule has 0 saturated carbocycles. The summed E-state index contributed by atoms with van der Waals surface area (Å²) in [5.41, 5.74) is 1.01. The molecule has 8 nitrogen and oxygen atoms in total. The highest BCUT2D eigenvalue weighted by molar-refractivity contribution is 7.99. The van der Waals surface area contributed by atoms with Gasteiger partial charge >= 0.3 is 0 Å². The van der Waals surface area contributed by atoms with Gasteiger partial charge in [0, 0.05) is 5.56 Å². The van der Waals surface area contributed by atoms with Crippen LogP contribution in [0.5, 0.6) is 17.2 Å². The van der Waals surface area contributed by atoms with E-state index in [9.17, 15) is 4.79 Å². The molecule has 3 rings (SSSR count). The number of nitrogens with one attached hydrogen (secondary N) is 1. The summed E-state index contributed by atoms with van der Waals surface area (Å²) in [7, 11) is 4.55. The van der Waals surface area contributed by atoms with Gasteiger partial charge in [-0.25, -0.2) is 0 Å². The van der Waals surface area contributed by atoms with Gasteiger partial charge in [0.15, 0.2) is 11.5 Å². The van der Waals surface area contributed by atoms with Gasteiger partial charge in [0.25, 0.3) is 5.22 Å². The topological polar surface area (TPSA) is 95.7 Å². The maximum atomic E-state index is 12.2. The van der Waals surface area contributed by atoms with Crippen molar-refractivity contribution in [2.45, 2.75) is 5.22 Å². The normalized spacial score (nSPS) is 10.6. The van der Waals surface area contributed by atoms with E-state index >= 15 is 0 Å². The van der Waals surface area contributed by atoms with Crippen molar-refractivity contribution in [1.82, 2.24) is 10.2 Å². The summed E-state index contributed by atoms with van der Waals surface area (Å²) in [5, 5.41) is 11.5. The molecule has 30 heavy (non-hydrogen) atoms. The Kier molecular flexibility index (Phi) is 7.30. The average molecular weight is 470 g/mol. The van der Waals surface area contributed by atoms with Crippen molar-refractivity contribution in [3.8, 4) is 28.7 Å². The van der Waals surface area contributed by atoms with E-state index in [4.69, 9.17) is 41.8 Å². The van der Waals surface area contributed by atoms with Crippen LogP contribution < -0.4 is 19.5 Å². The van der Waals surface area contributed by atoms with E-state index in [0.717, 1.165) is 11.8 Å². The van der Waals surface area contributed by atoms with E-state index < -0.39 is 0 Å². The lowest BCUT2D eigenvalue weighted by atomic mass is 10.2. The number of rotatable bonds is 8. The number of carbonyl (C=O) groups excluding carboxylic acids is 1. The standard InChI is InChI=1S/C19H17Cl2N3O5S/c1-26-13-7-10(8-14(27-2)17(13)28-3)18-23-24-19(29-18)30-9-15(25)22-12-6-4-5-11(20)16(12)21/h4-8H,9H2,1-3H3,(H,22,25). The van der Waals surface area contributed by atoms with Crippen LogP contribution in [0.1, 0.15) is 0 Å². The lowest BCUT2D eigenvalue weighted by Gasteiger charge is -2.12. The molecule has 3 aromatic rings. The summed E-state index contributed by atoms with van der Waals surface area (Å²) < 4.78 is 21.6. The Morgan fingerprint density at radius 2 is 1.80 bits per heavy atom. The van der Waals surface area contributed by atoms with Crippen molar-refractivity contribution in [3.05, 3.63) is 40.4 Å². The Morgan fingerprint density at radius 3 is 2.43 bits per heavy atom. The molecule has 0 fully saturated rings. The number of anilines is 1. The fourth-order valence-electron chi connectivity index (χ4n) is 2.50. The first-order valence-electron chi connectivity index (χ1n) is 8.47. The Labute approximate surface area is 186 Å². The van der Waals surface area contributed by atoms with Gasteiger partial charge in [-0.3, -0.25) is 4.79 Å². The summed E-state index contributed by atoms with van der Waals surface area (Å²) in [5.74, 6) is 1.36. The van der Waals surface area contributed by atoms with Crippen molar-refractivity contribution < 1.29 is 23.4 Å². The van der Waals surface area contributed by atoms with Crippen LogP contribution in [0, 0.1) is 0 Å². The van der Waals surface area contributed by atoms with E-state index in [0.29, 0.717) is 33.5 Å². The molecule has 158 valence electrons. The molecule has 1 heterocycles. The lowest BCUT2D eigenvalue weighted by Crippen LogP contribution is -2.14. The van der Waals surface area contributed by atoms with E-state index in [1.165, 1.54) is 21.3 Å². The summed E-state index contributed by atoms with van der Waals surface area (Å²) in [6.45, 7) is 0. The molecule has 0 aliphatic rings. The van der Waals surface area contributed by atoms with Gasteiger partial charge in [0.2, 0.25) is 17.5 Å². The third-order valence-corrected chi connectivity index (χ3v) is 5.51. The highest BCUT2D eigenvalue weighted by Gasteiger charge is 2.18. The van der Waals surface area contributed by atoms with E-state index in [2.05, 4.69) is 15.5 Å². The Hall–Kier alpha value is -2.62. The first kappa shape index (κ1) is 22.1. The van der Waals surface area contributed by atoms with Gasteiger partial charge < -0.3 is 23.9 Å². The molecule has 0 atom stereocenters. The van der Waals surface area contributed by atoms with Gasteiger partial charge in [-0.1, -0.05) is 41.0 Å². The smallest absolute Gasteiger partial charge is 0.277 e. The highest BCUT2D eigenvalue weighted by atomic mass is 35.5. The predicted octanol–water partition coefficient (Wildman–Crippen LogP) is 4.80. The van der Waals surface area contributed by atoms with Crippen LogP contribution in [0.2, 0.25) is 10.0 Å². The number of nitrogens with zero attached hydrogens (tertiary/aromatic N) is 2. The van der Waals surface area contributed by atoms with Crippen molar-refractivity contribution >= 4 is 46.6 Å². The number of hydrogen-bond donors (Lipinski definition) is 1. The van der Waals surface area contributed by atoms with Crippen LogP contribution in [0.25, 0.3) is 11.5 Å². The number of methoxy groups -OCH3 is 3. The number of ether oxygens (including phenoxy) is 3. The zero-order valence-electron chi connectivity index (χ0n) is 16.2. The summed E-state index contributed by atoms with van der Waals surface area (Å²) >= 11 is 13.1. The maximum Gasteiger partial charge on any atom is 0.277 e. The minimum absolute atomic E-state index is 0.0414. The number of benzene rings is 2. The largest absolute Gasteiger partial charge is 0.493 e. The van der Waals surface area contributed by atoms with E-state index in [-0.39, 0.29) is 27.8 Å². The fraction of sp³-hybridized carbons (Fsp3) is 0.211. The molecular formula is C19H17Cl2N3O5S. The molecule has 1 N–H and O–H groups in total. The molecule has 1 aromatic heterocycles. The third-order valence-electron chi connectivity index (χ3n) is 3.87. The van der Waals surface area contributed by atoms with Gasteiger partial charge in [-0.2, -0.15) is 0 Å². The molecule has 0 aliphatic carbocycles. The summed E-state index contributed by atoms with van der Waals surface area (Å²) in [6, 6.07) is 8.37. The minimum Gasteiger partial charge on any atom is -0.493 e. The number of amides is 1. The van der Waals surface area contributed by atoms with Crippen LogP contribution in [-0.2, 0) is 4.79 Å². The second-order valence-electron chi connectivity index (χ2n) is 5.73. The molecule has 1 amide bonds. The molecule has 0 aliphatic heterocycles. The van der Waals surface area contributed by atoms with Crippen LogP contribution >= 0.6 is 35.0 Å². The molecule has 0 unspecified atom stereocenters. The average Bonchev–Trinajstić information content (AvgIpc) is 3.23.